The summed E-state index contributed by atoms with van der Waals surface area (Å²) in [5, 5.41) is 0. The minimum atomic E-state index is -4.41. The fourth-order valence-electron chi connectivity index (χ4n) is 2.09. The maximum atomic E-state index is 12.7. The third-order valence-corrected chi connectivity index (χ3v) is 3.26. The van der Waals surface area contributed by atoms with E-state index in [-0.39, 0.29) is 22.8 Å². The van der Waals surface area contributed by atoms with Crippen molar-refractivity contribution in [3.63, 3.8) is 0 Å². The molecule has 1 rings (SSSR count). The zero-order valence-corrected chi connectivity index (χ0v) is 10.8. The molecule has 0 unspecified atom stereocenters. The van der Waals surface area contributed by atoms with Gasteiger partial charge in [-0.25, -0.2) is 0 Å². The summed E-state index contributed by atoms with van der Waals surface area (Å²) >= 11 is 0. The summed E-state index contributed by atoms with van der Waals surface area (Å²) < 4.78 is 38.2. The van der Waals surface area contributed by atoms with Crippen molar-refractivity contribution < 1.29 is 18.0 Å². The Bertz CT molecular complexity index is 431. The molecule has 0 saturated carbocycles. The van der Waals surface area contributed by atoms with Crippen molar-refractivity contribution >= 4 is 5.78 Å². The Morgan fingerprint density at radius 2 is 1.78 bits per heavy atom. The third-order valence-electron chi connectivity index (χ3n) is 3.26. The average molecular weight is 258 g/mol. The molecule has 0 fully saturated rings. The lowest BCUT2D eigenvalue weighted by Gasteiger charge is -2.16. The third kappa shape index (κ3) is 2.92. The largest absolute Gasteiger partial charge is 0.416 e. The van der Waals surface area contributed by atoms with Gasteiger partial charge >= 0.3 is 6.18 Å². The quantitative estimate of drug-likeness (QED) is 0.719. The molecule has 0 aliphatic carbocycles. The van der Waals surface area contributed by atoms with Crippen LogP contribution in [0.5, 0.6) is 0 Å². The highest BCUT2D eigenvalue weighted by Gasteiger charge is 2.34. The number of Topliss-reactive ketones (excluding diaryl/α,β-unsaturated/α-hetero) is 1. The molecule has 0 saturated heterocycles. The van der Waals surface area contributed by atoms with Crippen molar-refractivity contribution in [2.45, 2.75) is 39.8 Å². The number of alkyl halides is 3. The van der Waals surface area contributed by atoms with Crippen LogP contribution in [0.1, 0.15) is 48.2 Å². The summed E-state index contributed by atoms with van der Waals surface area (Å²) in [6.45, 7) is 5.10. The van der Waals surface area contributed by atoms with Gasteiger partial charge in [-0.1, -0.05) is 26.0 Å². The first-order valence-electron chi connectivity index (χ1n) is 6.03. The van der Waals surface area contributed by atoms with E-state index >= 15 is 0 Å². The molecule has 1 nitrogen and oxygen atoms in total. The molecule has 0 radical (unpaired) electrons. The number of carbonyl (C=O) groups excluding carboxylic acids is 1. The van der Waals surface area contributed by atoms with Crippen molar-refractivity contribution in [3.05, 3.63) is 34.9 Å². The smallest absolute Gasteiger partial charge is 0.294 e. The van der Waals surface area contributed by atoms with Crippen LogP contribution in [0.2, 0.25) is 0 Å². The summed E-state index contributed by atoms with van der Waals surface area (Å²) in [6, 6.07) is 3.79. The average Bonchev–Trinajstić information content (AvgIpc) is 2.29. The molecule has 0 heterocycles. The minimum absolute atomic E-state index is 0.0295. The summed E-state index contributed by atoms with van der Waals surface area (Å²) in [4.78, 5) is 12.1. The molecule has 4 heteroatoms. The lowest BCUT2D eigenvalue weighted by Crippen LogP contribution is -2.17. The standard InChI is InChI=1S/C14H17F3O/c1-4-10(5-2)13(18)11-7-6-8-12(9(11)3)14(15,16)17/h6-8,10H,4-5H2,1-3H3. The SMILES string of the molecule is CCC(CC)C(=O)c1cccc(C(F)(F)F)c1C. The van der Waals surface area contributed by atoms with Crippen LogP contribution >= 0.6 is 0 Å². The molecule has 1 aromatic rings. The Hall–Kier alpha value is -1.32. The van der Waals surface area contributed by atoms with E-state index in [1.165, 1.54) is 19.1 Å². The van der Waals surface area contributed by atoms with Crippen molar-refractivity contribution in [1.82, 2.24) is 0 Å². The van der Waals surface area contributed by atoms with E-state index in [2.05, 4.69) is 0 Å². The van der Waals surface area contributed by atoms with Gasteiger partial charge in [-0.2, -0.15) is 13.2 Å². The number of carbonyl (C=O) groups is 1. The highest BCUT2D eigenvalue weighted by Crippen LogP contribution is 2.33. The molecular formula is C14H17F3O. The van der Waals surface area contributed by atoms with Gasteiger partial charge in [0.2, 0.25) is 0 Å². The maximum absolute atomic E-state index is 12.7. The molecule has 0 bridgehead atoms. The monoisotopic (exact) mass is 258 g/mol. The topological polar surface area (TPSA) is 17.1 Å². The van der Waals surface area contributed by atoms with Crippen LogP contribution < -0.4 is 0 Å². The molecule has 1 aromatic carbocycles. The first-order valence-corrected chi connectivity index (χ1v) is 6.03. The highest BCUT2D eigenvalue weighted by molar-refractivity contribution is 5.99. The molecule has 100 valence electrons. The second-order valence-corrected chi connectivity index (χ2v) is 4.35. The number of benzene rings is 1. The van der Waals surface area contributed by atoms with Gasteiger partial charge in [0.1, 0.15) is 0 Å². The number of hydrogen-bond acceptors (Lipinski definition) is 1. The van der Waals surface area contributed by atoms with Gasteiger partial charge in [0.05, 0.1) is 5.56 Å². The molecule has 0 spiro atoms. The summed E-state index contributed by atoms with van der Waals surface area (Å²) in [6.07, 6.45) is -3.12. The van der Waals surface area contributed by atoms with E-state index in [1.807, 2.05) is 13.8 Å². The van der Waals surface area contributed by atoms with Crippen LogP contribution in [0, 0.1) is 12.8 Å². The van der Waals surface area contributed by atoms with E-state index in [0.29, 0.717) is 12.8 Å². The van der Waals surface area contributed by atoms with Gasteiger partial charge in [-0.05, 0) is 31.4 Å². The van der Waals surface area contributed by atoms with Gasteiger partial charge in [0.25, 0.3) is 0 Å². The maximum Gasteiger partial charge on any atom is 0.416 e. The summed E-state index contributed by atoms with van der Waals surface area (Å²) in [7, 11) is 0. The minimum Gasteiger partial charge on any atom is -0.294 e. The number of ketones is 1. The Balaban J connectivity index is 3.23. The van der Waals surface area contributed by atoms with Gasteiger partial charge in [-0.15, -0.1) is 0 Å². The molecule has 18 heavy (non-hydrogen) atoms. The van der Waals surface area contributed by atoms with Gasteiger partial charge in [0.15, 0.2) is 5.78 Å². The van der Waals surface area contributed by atoms with Crippen LogP contribution in [-0.2, 0) is 6.18 Å². The lowest BCUT2D eigenvalue weighted by atomic mass is 9.89. The number of rotatable bonds is 4. The highest BCUT2D eigenvalue weighted by atomic mass is 19.4. The van der Waals surface area contributed by atoms with Crippen LogP contribution in [0.15, 0.2) is 18.2 Å². The predicted molar refractivity (Wildman–Crippen MR) is 64.6 cm³/mol. The predicted octanol–water partition coefficient (Wildman–Crippen LogP) is 4.63. The molecule has 0 atom stereocenters. The molecule has 0 aliphatic rings. The molecule has 0 aromatic heterocycles. The van der Waals surface area contributed by atoms with Crippen LogP contribution in [-0.4, -0.2) is 5.78 Å². The normalized spacial score (nSPS) is 11.9. The van der Waals surface area contributed by atoms with Crippen LogP contribution in [0.25, 0.3) is 0 Å². The Morgan fingerprint density at radius 3 is 2.22 bits per heavy atom. The number of halogens is 3. The molecular weight excluding hydrogens is 241 g/mol. The zero-order chi connectivity index (χ0) is 13.9. The van der Waals surface area contributed by atoms with Gasteiger partial charge in [-0.3, -0.25) is 4.79 Å². The first-order chi connectivity index (χ1) is 8.32. The van der Waals surface area contributed by atoms with Gasteiger partial charge in [0, 0.05) is 11.5 Å². The van der Waals surface area contributed by atoms with E-state index in [1.54, 1.807) is 0 Å². The van der Waals surface area contributed by atoms with E-state index < -0.39 is 11.7 Å². The van der Waals surface area contributed by atoms with Crippen molar-refractivity contribution in [3.8, 4) is 0 Å². The van der Waals surface area contributed by atoms with Crippen molar-refractivity contribution in [2.24, 2.45) is 5.92 Å². The van der Waals surface area contributed by atoms with E-state index in [9.17, 15) is 18.0 Å². The molecule has 0 aliphatic heterocycles. The summed E-state index contributed by atoms with van der Waals surface area (Å²) in [5.74, 6) is -0.393. The zero-order valence-electron chi connectivity index (χ0n) is 10.8. The van der Waals surface area contributed by atoms with Crippen molar-refractivity contribution in [1.29, 1.82) is 0 Å². The van der Waals surface area contributed by atoms with Crippen LogP contribution in [0.4, 0.5) is 13.2 Å². The van der Waals surface area contributed by atoms with Crippen molar-refractivity contribution in [2.75, 3.05) is 0 Å². The van der Waals surface area contributed by atoms with Gasteiger partial charge < -0.3 is 0 Å². The lowest BCUT2D eigenvalue weighted by molar-refractivity contribution is -0.138. The molecule has 0 amide bonds. The Labute approximate surface area is 105 Å². The second kappa shape index (κ2) is 5.55. The molecule has 0 N–H and O–H groups in total. The first kappa shape index (κ1) is 14.7. The Kier molecular flexibility index (Phi) is 4.54. The fraction of sp³-hybridized carbons (Fsp3) is 0.500. The number of hydrogen-bond donors (Lipinski definition) is 0. The van der Waals surface area contributed by atoms with E-state index in [4.69, 9.17) is 0 Å². The van der Waals surface area contributed by atoms with Crippen LogP contribution in [0.3, 0.4) is 0 Å². The Morgan fingerprint density at radius 1 is 1.22 bits per heavy atom. The fourth-order valence-corrected chi connectivity index (χ4v) is 2.09. The second-order valence-electron chi connectivity index (χ2n) is 4.35. The summed E-state index contributed by atoms with van der Waals surface area (Å²) in [5.41, 5.74) is -0.500. The van der Waals surface area contributed by atoms with E-state index in [0.717, 1.165) is 6.07 Å².